The van der Waals surface area contributed by atoms with Crippen molar-refractivity contribution >= 4 is 23.7 Å². The van der Waals surface area contributed by atoms with E-state index in [0.717, 1.165) is 0 Å². The second-order valence-electron chi connectivity index (χ2n) is 6.67. The van der Waals surface area contributed by atoms with Crippen molar-refractivity contribution in [2.45, 2.75) is 6.92 Å². The summed E-state index contributed by atoms with van der Waals surface area (Å²) < 4.78 is 15.9. The molecule has 0 aliphatic carbocycles. The lowest BCUT2D eigenvalue weighted by Gasteiger charge is -2.15. The highest BCUT2D eigenvalue weighted by molar-refractivity contribution is 6.07. The van der Waals surface area contributed by atoms with Crippen molar-refractivity contribution in [1.29, 1.82) is 0 Å². The molecule has 0 aliphatic heterocycles. The first-order valence-electron chi connectivity index (χ1n) is 9.69. The average Bonchev–Trinajstić information content (AvgIpc) is 2.78. The molecule has 0 fully saturated rings. The van der Waals surface area contributed by atoms with E-state index < -0.39 is 46.0 Å². The first-order valence-corrected chi connectivity index (χ1v) is 9.69. The van der Waals surface area contributed by atoms with Crippen LogP contribution in [0.2, 0.25) is 0 Å². The zero-order valence-corrected chi connectivity index (χ0v) is 17.9. The number of nitrogens with one attached hydrogen (secondary N) is 1. The number of hydrogen-bond acceptors (Lipinski definition) is 9. The van der Waals surface area contributed by atoms with Crippen molar-refractivity contribution in [2.24, 2.45) is 0 Å². The van der Waals surface area contributed by atoms with E-state index in [9.17, 15) is 29.4 Å². The van der Waals surface area contributed by atoms with Crippen LogP contribution < -0.4 is 20.8 Å². The second kappa shape index (κ2) is 9.73. The third-order valence-corrected chi connectivity index (χ3v) is 4.59. The van der Waals surface area contributed by atoms with Crippen LogP contribution in [-0.4, -0.2) is 51.8 Å². The number of ether oxygens (including phenoxy) is 3. The number of H-pyrrole nitrogens is 1. The number of carboxylic acid groups (broad SMARTS) is 2. The van der Waals surface area contributed by atoms with Crippen LogP contribution in [0.1, 0.15) is 38.0 Å². The van der Waals surface area contributed by atoms with Gasteiger partial charge in [0, 0.05) is 17.8 Å². The Morgan fingerprint density at radius 3 is 2.38 bits per heavy atom. The molecule has 2 aromatic heterocycles. The maximum absolute atomic E-state index is 12.2. The highest BCUT2D eigenvalue weighted by Crippen LogP contribution is 2.37. The number of aromatic amines is 1. The van der Waals surface area contributed by atoms with E-state index in [1.54, 1.807) is 6.92 Å². The first-order chi connectivity index (χ1) is 16.2. The van der Waals surface area contributed by atoms with Gasteiger partial charge in [-0.3, -0.25) is 4.79 Å². The number of benzene rings is 1. The van der Waals surface area contributed by atoms with Crippen LogP contribution in [0.25, 0.3) is 11.1 Å². The topological polar surface area (TPSA) is 191 Å². The maximum Gasteiger partial charge on any atom is 0.342 e. The summed E-state index contributed by atoms with van der Waals surface area (Å²) >= 11 is 0. The normalized spacial score (nSPS) is 10.4. The van der Waals surface area contributed by atoms with E-state index in [0.29, 0.717) is 0 Å². The van der Waals surface area contributed by atoms with Gasteiger partial charge in [-0.05, 0) is 30.7 Å². The van der Waals surface area contributed by atoms with Crippen LogP contribution in [0.4, 0.5) is 5.82 Å². The summed E-state index contributed by atoms with van der Waals surface area (Å²) in [7, 11) is 1.30. The Bertz CT molecular complexity index is 1350. The number of rotatable bonds is 8. The van der Waals surface area contributed by atoms with Gasteiger partial charge in [0.2, 0.25) is 5.88 Å². The molecule has 0 radical (unpaired) electrons. The van der Waals surface area contributed by atoms with Gasteiger partial charge in [0.15, 0.2) is 11.5 Å². The van der Waals surface area contributed by atoms with Gasteiger partial charge in [-0.1, -0.05) is 6.07 Å². The minimum atomic E-state index is -1.64. The van der Waals surface area contributed by atoms with E-state index >= 15 is 0 Å². The average molecular weight is 469 g/mol. The van der Waals surface area contributed by atoms with Crippen molar-refractivity contribution in [3.05, 3.63) is 63.6 Å². The van der Waals surface area contributed by atoms with E-state index in [4.69, 9.17) is 19.9 Å². The molecule has 34 heavy (non-hydrogen) atoms. The van der Waals surface area contributed by atoms with Gasteiger partial charge in [-0.15, -0.1) is 0 Å². The Labute approximate surface area is 191 Å². The molecule has 0 aliphatic rings. The van der Waals surface area contributed by atoms with Crippen molar-refractivity contribution in [3.63, 3.8) is 0 Å². The van der Waals surface area contributed by atoms with Crippen molar-refractivity contribution < 1.29 is 38.8 Å². The molecule has 12 nitrogen and oxygen atoms in total. The number of carboxylic acids is 2. The summed E-state index contributed by atoms with van der Waals surface area (Å²) in [4.78, 5) is 53.8. The summed E-state index contributed by atoms with van der Waals surface area (Å²) in [5.41, 5.74) is 3.05. The molecule has 0 spiro atoms. The molecule has 3 rings (SSSR count). The predicted molar refractivity (Wildman–Crippen MR) is 118 cm³/mol. The molecule has 176 valence electrons. The molecule has 0 unspecified atom stereocenters. The number of carbonyl (C=O) groups excluding carboxylic acids is 1. The molecule has 0 amide bonds. The Morgan fingerprint density at radius 2 is 1.76 bits per heavy atom. The van der Waals surface area contributed by atoms with Gasteiger partial charge >= 0.3 is 17.9 Å². The zero-order valence-electron chi connectivity index (χ0n) is 17.9. The number of pyridine rings is 2. The number of aromatic carboxylic acids is 2. The quantitative estimate of drug-likeness (QED) is 0.354. The van der Waals surface area contributed by atoms with E-state index in [1.165, 1.54) is 43.6 Å². The number of methoxy groups -OCH3 is 1. The molecule has 0 bridgehead atoms. The van der Waals surface area contributed by atoms with Crippen LogP contribution in [0.15, 0.2) is 41.3 Å². The smallest absolute Gasteiger partial charge is 0.342 e. The molecule has 5 N–H and O–H groups in total. The number of anilines is 1. The minimum absolute atomic E-state index is 0.0324. The lowest BCUT2D eigenvalue weighted by atomic mass is 9.95. The van der Waals surface area contributed by atoms with Crippen LogP contribution in [0.5, 0.6) is 17.4 Å². The predicted octanol–water partition coefficient (Wildman–Crippen LogP) is 2.39. The second-order valence-corrected chi connectivity index (χ2v) is 6.67. The fourth-order valence-corrected chi connectivity index (χ4v) is 3.16. The van der Waals surface area contributed by atoms with Crippen LogP contribution in [-0.2, 0) is 4.74 Å². The van der Waals surface area contributed by atoms with Crippen LogP contribution in [0.3, 0.4) is 0 Å². The van der Waals surface area contributed by atoms with Crippen molar-refractivity contribution in [2.75, 3.05) is 19.5 Å². The molecular formula is C22H19N3O9. The van der Waals surface area contributed by atoms with Gasteiger partial charge in [0.05, 0.1) is 19.3 Å². The Morgan fingerprint density at radius 1 is 1.06 bits per heavy atom. The summed E-state index contributed by atoms with van der Waals surface area (Å²) in [6, 6.07) is 6.79. The summed E-state index contributed by atoms with van der Waals surface area (Å²) in [6.07, 6.45) is 1.35. The van der Waals surface area contributed by atoms with E-state index in [1.807, 2.05) is 4.98 Å². The number of aromatic nitrogens is 2. The standard InChI is InChI=1S/C22H19N3O9/c1-3-33-22(31)11-6-7-24-14(9-11)34-12-5-4-10(8-13(12)32-2)15-16(20(27)28)18(23)25-19(26)17(15)21(29)30/h4-9H,3H2,1-2H3,(H,27,28)(H,29,30)(H3,23,25,26). The van der Waals surface area contributed by atoms with E-state index in [2.05, 4.69) is 4.98 Å². The van der Waals surface area contributed by atoms with Gasteiger partial charge in [0.1, 0.15) is 16.9 Å². The van der Waals surface area contributed by atoms with Crippen molar-refractivity contribution in [3.8, 4) is 28.5 Å². The molecule has 1 aromatic carbocycles. The lowest BCUT2D eigenvalue weighted by Crippen LogP contribution is -2.24. The number of esters is 1. The van der Waals surface area contributed by atoms with Crippen LogP contribution in [0, 0.1) is 0 Å². The molecule has 0 atom stereocenters. The third kappa shape index (κ3) is 4.65. The molecular weight excluding hydrogens is 450 g/mol. The van der Waals surface area contributed by atoms with Crippen LogP contribution >= 0.6 is 0 Å². The van der Waals surface area contributed by atoms with Gasteiger partial charge in [-0.25, -0.2) is 19.4 Å². The maximum atomic E-state index is 12.2. The monoisotopic (exact) mass is 469 g/mol. The fraction of sp³-hybridized carbons (Fsp3) is 0.136. The first kappa shape index (κ1) is 23.8. The Hall–Kier alpha value is -4.87. The number of nitrogens with two attached hydrogens (primary N) is 1. The van der Waals surface area contributed by atoms with Crippen molar-refractivity contribution in [1.82, 2.24) is 9.97 Å². The minimum Gasteiger partial charge on any atom is -0.493 e. The Balaban J connectivity index is 2.11. The summed E-state index contributed by atoms with van der Waals surface area (Å²) in [5.74, 6) is -4.03. The molecule has 12 heteroatoms. The SMILES string of the molecule is CCOC(=O)c1ccnc(Oc2ccc(-c3c(C(=O)O)c(N)[nH]c(=O)c3C(=O)O)cc2OC)c1. The molecule has 0 saturated heterocycles. The summed E-state index contributed by atoms with van der Waals surface area (Å²) in [6.45, 7) is 1.86. The number of nitrogen functional groups attached to an aromatic ring is 1. The Kier molecular flexibility index (Phi) is 6.81. The molecule has 3 aromatic rings. The highest BCUT2D eigenvalue weighted by atomic mass is 16.5. The van der Waals surface area contributed by atoms with E-state index in [-0.39, 0.29) is 35.1 Å². The third-order valence-electron chi connectivity index (χ3n) is 4.59. The number of nitrogens with zero attached hydrogens (tertiary/aromatic N) is 1. The number of carbonyl (C=O) groups is 3. The zero-order chi connectivity index (χ0) is 25.0. The molecule has 0 saturated carbocycles. The van der Waals surface area contributed by atoms with Gasteiger partial charge in [0.25, 0.3) is 5.56 Å². The van der Waals surface area contributed by atoms with Gasteiger partial charge < -0.3 is 35.1 Å². The number of hydrogen-bond donors (Lipinski definition) is 4. The summed E-state index contributed by atoms with van der Waals surface area (Å²) in [5, 5.41) is 19.1. The highest BCUT2D eigenvalue weighted by Gasteiger charge is 2.27. The molecule has 2 heterocycles. The fourth-order valence-electron chi connectivity index (χ4n) is 3.16. The van der Waals surface area contributed by atoms with Gasteiger partial charge in [-0.2, -0.15) is 0 Å². The lowest BCUT2D eigenvalue weighted by molar-refractivity contribution is 0.0524. The largest absolute Gasteiger partial charge is 0.493 e.